The number of ether oxygens (including phenoxy) is 1. The Bertz CT molecular complexity index is 802. The Balaban J connectivity index is 2.47. The molecule has 1 amide bonds. The first kappa shape index (κ1) is 18.4. The van der Waals surface area contributed by atoms with Gasteiger partial charge in [0.15, 0.2) is 4.80 Å². The highest BCUT2D eigenvalue weighted by Gasteiger charge is 2.11. The largest absolute Gasteiger partial charge is 0.466 e. The Hall–Kier alpha value is -1.95. The fraction of sp³-hybridized carbons (Fsp3) is 0.500. The first-order valence-electron chi connectivity index (χ1n) is 8.32. The second-order valence-corrected chi connectivity index (χ2v) is 6.84. The van der Waals surface area contributed by atoms with Gasteiger partial charge in [-0.3, -0.25) is 9.59 Å². The van der Waals surface area contributed by atoms with Crippen molar-refractivity contribution in [2.75, 3.05) is 6.61 Å². The molecule has 130 valence electrons. The molecule has 2 rings (SSSR count). The fourth-order valence-corrected chi connectivity index (χ4v) is 3.49. The summed E-state index contributed by atoms with van der Waals surface area (Å²) in [5.41, 5.74) is 2.24. The van der Waals surface area contributed by atoms with E-state index in [1.165, 1.54) is 16.9 Å². The van der Waals surface area contributed by atoms with E-state index in [1.54, 1.807) is 13.8 Å². The van der Waals surface area contributed by atoms with E-state index in [0.29, 0.717) is 30.3 Å². The first-order chi connectivity index (χ1) is 11.5. The summed E-state index contributed by atoms with van der Waals surface area (Å²) in [6, 6.07) is 6.27. The Morgan fingerprint density at radius 1 is 1.29 bits per heavy atom. The molecular formula is C18H24N2O3S. The number of benzene rings is 1. The molecule has 24 heavy (non-hydrogen) atoms. The van der Waals surface area contributed by atoms with Gasteiger partial charge in [0.2, 0.25) is 5.91 Å². The Morgan fingerprint density at radius 2 is 2.04 bits per heavy atom. The van der Waals surface area contributed by atoms with Gasteiger partial charge in [0.05, 0.1) is 23.2 Å². The Morgan fingerprint density at radius 3 is 2.67 bits per heavy atom. The number of carbonyl (C=O) groups excluding carboxylic acids is 2. The van der Waals surface area contributed by atoms with Crippen molar-refractivity contribution < 1.29 is 14.3 Å². The number of hydrogen-bond acceptors (Lipinski definition) is 4. The van der Waals surface area contributed by atoms with E-state index in [9.17, 15) is 9.59 Å². The third kappa shape index (κ3) is 4.32. The molecule has 0 bridgehead atoms. The summed E-state index contributed by atoms with van der Waals surface area (Å²) in [6.45, 7) is 8.70. The van der Waals surface area contributed by atoms with Crippen LogP contribution in [0, 0.1) is 0 Å². The van der Waals surface area contributed by atoms with Crippen LogP contribution in [-0.2, 0) is 20.9 Å². The Kier molecular flexibility index (Phi) is 6.31. The van der Waals surface area contributed by atoms with Crippen LogP contribution in [0.5, 0.6) is 0 Å². The number of rotatable bonds is 6. The van der Waals surface area contributed by atoms with Crippen LogP contribution < -0.4 is 4.80 Å². The van der Waals surface area contributed by atoms with Gasteiger partial charge in [-0.25, -0.2) is 0 Å². The minimum absolute atomic E-state index is 0.157. The third-order valence-electron chi connectivity index (χ3n) is 3.74. The lowest BCUT2D eigenvalue weighted by atomic mass is 10.0. The van der Waals surface area contributed by atoms with Gasteiger partial charge in [-0.1, -0.05) is 38.2 Å². The van der Waals surface area contributed by atoms with Crippen LogP contribution in [0.4, 0.5) is 0 Å². The van der Waals surface area contributed by atoms with Crippen molar-refractivity contribution in [3.63, 3.8) is 0 Å². The first-order valence-corrected chi connectivity index (χ1v) is 9.14. The molecule has 0 aliphatic heterocycles. The monoisotopic (exact) mass is 348 g/mol. The van der Waals surface area contributed by atoms with Gasteiger partial charge in [-0.05, 0) is 30.5 Å². The van der Waals surface area contributed by atoms with Crippen LogP contribution in [0.1, 0.15) is 52.0 Å². The van der Waals surface area contributed by atoms with Gasteiger partial charge in [0, 0.05) is 13.0 Å². The molecule has 0 aliphatic rings. The zero-order valence-corrected chi connectivity index (χ0v) is 15.5. The lowest BCUT2D eigenvalue weighted by Gasteiger charge is -2.07. The highest BCUT2D eigenvalue weighted by atomic mass is 32.1. The molecule has 0 spiro atoms. The molecule has 1 aromatic heterocycles. The number of amides is 1. The maximum atomic E-state index is 11.8. The molecule has 0 saturated carbocycles. The molecule has 6 heteroatoms. The topological polar surface area (TPSA) is 60.7 Å². The lowest BCUT2D eigenvalue weighted by Crippen LogP contribution is -2.19. The average Bonchev–Trinajstić information content (AvgIpc) is 2.89. The number of thiazole rings is 1. The number of aromatic nitrogens is 1. The summed E-state index contributed by atoms with van der Waals surface area (Å²) in [6.07, 6.45) is 0.627. The molecular weight excluding hydrogens is 324 g/mol. The summed E-state index contributed by atoms with van der Waals surface area (Å²) in [5.74, 6) is 0.0357. The average molecular weight is 348 g/mol. The normalized spacial score (nSPS) is 12.1. The summed E-state index contributed by atoms with van der Waals surface area (Å²) < 4.78 is 8.01. The number of esters is 1. The molecule has 1 heterocycles. The van der Waals surface area contributed by atoms with Gasteiger partial charge in [0.25, 0.3) is 0 Å². The van der Waals surface area contributed by atoms with Gasteiger partial charge in [-0.15, -0.1) is 0 Å². The van der Waals surface area contributed by atoms with E-state index < -0.39 is 0 Å². The zero-order valence-electron chi connectivity index (χ0n) is 14.7. The molecule has 1 aromatic carbocycles. The molecule has 5 nitrogen and oxygen atoms in total. The van der Waals surface area contributed by atoms with Gasteiger partial charge >= 0.3 is 5.97 Å². The van der Waals surface area contributed by atoms with Crippen molar-refractivity contribution in [3.05, 3.63) is 28.6 Å². The molecule has 0 unspecified atom stereocenters. The van der Waals surface area contributed by atoms with Crippen LogP contribution in [0.15, 0.2) is 23.2 Å². The van der Waals surface area contributed by atoms with Gasteiger partial charge < -0.3 is 9.30 Å². The van der Waals surface area contributed by atoms with Crippen LogP contribution in [0.3, 0.4) is 0 Å². The zero-order chi connectivity index (χ0) is 17.7. The summed E-state index contributed by atoms with van der Waals surface area (Å²) in [5, 5.41) is 0. The molecule has 0 radical (unpaired) electrons. The van der Waals surface area contributed by atoms with Crippen LogP contribution in [0.2, 0.25) is 0 Å². The van der Waals surface area contributed by atoms with E-state index in [0.717, 1.165) is 10.2 Å². The molecule has 0 aliphatic carbocycles. The van der Waals surface area contributed by atoms with Crippen molar-refractivity contribution in [3.8, 4) is 0 Å². The number of aryl methyl sites for hydroxylation is 1. The van der Waals surface area contributed by atoms with Crippen LogP contribution >= 0.6 is 11.3 Å². The number of hydrogen-bond donors (Lipinski definition) is 0. The van der Waals surface area contributed by atoms with Crippen molar-refractivity contribution >= 4 is 33.4 Å². The molecule has 0 N–H and O–H groups in total. The standard InChI is InChI=1S/C18H24N2O3S/c1-5-16(21)19-18-20(10-9-17(22)23-6-2)14-8-7-13(12(3)4)11-15(14)24-18/h7-8,11-12H,5-6,9-10H2,1-4H3. The highest BCUT2D eigenvalue weighted by Crippen LogP contribution is 2.23. The minimum atomic E-state index is -0.240. The Labute approximate surface area is 146 Å². The van der Waals surface area contributed by atoms with Gasteiger partial charge in [-0.2, -0.15) is 4.99 Å². The van der Waals surface area contributed by atoms with Crippen molar-refractivity contribution in [2.45, 2.75) is 53.0 Å². The molecule has 0 fully saturated rings. The molecule has 2 aromatic rings. The quantitative estimate of drug-likeness (QED) is 0.749. The minimum Gasteiger partial charge on any atom is -0.466 e. The third-order valence-corrected chi connectivity index (χ3v) is 4.78. The smallest absolute Gasteiger partial charge is 0.307 e. The maximum absolute atomic E-state index is 11.8. The predicted molar refractivity (Wildman–Crippen MR) is 96.0 cm³/mol. The second-order valence-electron chi connectivity index (χ2n) is 5.83. The molecule has 0 atom stereocenters. The number of fused-ring (bicyclic) bond motifs is 1. The van der Waals surface area contributed by atoms with Crippen molar-refractivity contribution in [1.82, 2.24) is 4.57 Å². The van der Waals surface area contributed by atoms with Crippen LogP contribution in [-0.4, -0.2) is 23.1 Å². The SMILES string of the molecule is CCOC(=O)CCn1c(=NC(=O)CC)sc2cc(C(C)C)ccc21. The van der Waals surface area contributed by atoms with E-state index in [1.807, 2.05) is 10.6 Å². The van der Waals surface area contributed by atoms with Gasteiger partial charge in [0.1, 0.15) is 0 Å². The second kappa shape index (κ2) is 8.24. The predicted octanol–water partition coefficient (Wildman–Crippen LogP) is 3.62. The highest BCUT2D eigenvalue weighted by molar-refractivity contribution is 7.16. The molecule has 0 saturated heterocycles. The van der Waals surface area contributed by atoms with E-state index in [2.05, 4.69) is 31.0 Å². The van der Waals surface area contributed by atoms with Crippen molar-refractivity contribution in [1.29, 1.82) is 0 Å². The van der Waals surface area contributed by atoms with E-state index in [-0.39, 0.29) is 18.3 Å². The summed E-state index contributed by atoms with van der Waals surface area (Å²) in [4.78, 5) is 28.3. The van der Waals surface area contributed by atoms with E-state index in [4.69, 9.17) is 4.74 Å². The number of nitrogens with zero attached hydrogens (tertiary/aromatic N) is 2. The van der Waals surface area contributed by atoms with Crippen molar-refractivity contribution in [2.24, 2.45) is 4.99 Å². The lowest BCUT2D eigenvalue weighted by molar-refractivity contribution is -0.143. The van der Waals surface area contributed by atoms with Crippen LogP contribution in [0.25, 0.3) is 10.2 Å². The number of carbonyl (C=O) groups is 2. The summed E-state index contributed by atoms with van der Waals surface area (Å²) in [7, 11) is 0. The summed E-state index contributed by atoms with van der Waals surface area (Å²) >= 11 is 1.49. The fourth-order valence-electron chi connectivity index (χ4n) is 2.37. The maximum Gasteiger partial charge on any atom is 0.307 e. The van der Waals surface area contributed by atoms with E-state index >= 15 is 0 Å².